The van der Waals surface area contributed by atoms with Gasteiger partial charge in [0.2, 0.25) is 11.8 Å². The van der Waals surface area contributed by atoms with Crippen LogP contribution in [0.2, 0.25) is 0 Å². The van der Waals surface area contributed by atoms with Crippen LogP contribution in [0, 0.1) is 5.92 Å². The first kappa shape index (κ1) is 19.6. The van der Waals surface area contributed by atoms with Gasteiger partial charge in [-0.3, -0.25) is 14.6 Å². The molecular weight excluding hydrogens is 362 g/mol. The van der Waals surface area contributed by atoms with Crippen molar-refractivity contribution >= 4 is 11.8 Å². The molecule has 29 heavy (non-hydrogen) atoms. The first-order chi connectivity index (χ1) is 14.2. The van der Waals surface area contributed by atoms with E-state index in [-0.39, 0.29) is 23.1 Å². The topological polar surface area (TPSA) is 62.3 Å². The van der Waals surface area contributed by atoms with Crippen LogP contribution >= 0.6 is 0 Å². The molecule has 1 aromatic carbocycles. The van der Waals surface area contributed by atoms with Crippen LogP contribution in [0.1, 0.15) is 49.7 Å². The van der Waals surface area contributed by atoms with Crippen molar-refractivity contribution in [2.24, 2.45) is 5.92 Å². The van der Waals surface area contributed by atoms with E-state index in [9.17, 15) is 9.59 Å². The van der Waals surface area contributed by atoms with Gasteiger partial charge in [0.05, 0.1) is 5.92 Å². The predicted molar refractivity (Wildman–Crippen MR) is 112 cm³/mol. The third kappa shape index (κ3) is 4.50. The predicted octanol–water partition coefficient (Wildman–Crippen LogP) is 3.45. The summed E-state index contributed by atoms with van der Waals surface area (Å²) in [6.07, 6.45) is 9.67. The van der Waals surface area contributed by atoms with Gasteiger partial charge in [-0.25, -0.2) is 0 Å². The number of nitrogens with one attached hydrogen (secondary N) is 1. The summed E-state index contributed by atoms with van der Waals surface area (Å²) in [6, 6.07) is 14.4. The van der Waals surface area contributed by atoms with E-state index in [0.717, 1.165) is 18.4 Å². The molecular formula is C24H29N3O2. The minimum Gasteiger partial charge on any atom is -0.355 e. The van der Waals surface area contributed by atoms with E-state index in [2.05, 4.69) is 34.6 Å². The van der Waals surface area contributed by atoms with Crippen LogP contribution in [-0.4, -0.2) is 34.8 Å². The third-order valence-corrected chi connectivity index (χ3v) is 6.48. The molecule has 1 aliphatic carbocycles. The van der Waals surface area contributed by atoms with Gasteiger partial charge in [0.25, 0.3) is 0 Å². The first-order valence-corrected chi connectivity index (χ1v) is 10.7. The van der Waals surface area contributed by atoms with Gasteiger partial charge < -0.3 is 10.2 Å². The second-order valence-electron chi connectivity index (χ2n) is 8.46. The van der Waals surface area contributed by atoms with Crippen molar-refractivity contribution in [1.29, 1.82) is 0 Å². The van der Waals surface area contributed by atoms with Gasteiger partial charge in [-0.1, -0.05) is 55.7 Å². The monoisotopic (exact) mass is 391 g/mol. The standard InChI is InChI=1S/C24H29N3O2/c28-22-14-20(17-27(22)16-19-8-7-13-25-15-19)23(29)26-18-24(11-5-2-6-12-24)21-9-3-1-4-10-21/h1,3-4,7-10,13,15,20H,2,5-6,11-12,14,16-18H2,(H,26,29)/t20-/m0/s1. The van der Waals surface area contributed by atoms with E-state index in [0.29, 0.717) is 26.1 Å². The van der Waals surface area contributed by atoms with Crippen LogP contribution < -0.4 is 5.32 Å². The SMILES string of the molecule is O=C(NCC1(c2ccccc2)CCCCC1)[C@H]1CC(=O)N(Cc2cccnc2)C1. The maximum atomic E-state index is 12.9. The van der Waals surface area contributed by atoms with Gasteiger partial charge in [-0.15, -0.1) is 0 Å². The number of nitrogens with zero attached hydrogens (tertiary/aromatic N) is 2. The van der Waals surface area contributed by atoms with Crippen molar-refractivity contribution in [2.75, 3.05) is 13.1 Å². The first-order valence-electron chi connectivity index (χ1n) is 10.7. The molecule has 0 radical (unpaired) electrons. The van der Waals surface area contributed by atoms with Crippen molar-refractivity contribution in [3.8, 4) is 0 Å². The Hall–Kier alpha value is -2.69. The number of aromatic nitrogens is 1. The summed E-state index contributed by atoms with van der Waals surface area (Å²) in [7, 11) is 0. The lowest BCUT2D eigenvalue weighted by atomic mass is 9.69. The number of carbonyl (C=O) groups is 2. The number of amides is 2. The number of pyridine rings is 1. The van der Waals surface area contributed by atoms with E-state index in [1.807, 2.05) is 18.2 Å². The highest BCUT2D eigenvalue weighted by molar-refractivity contribution is 5.89. The number of carbonyl (C=O) groups excluding carboxylic acids is 2. The summed E-state index contributed by atoms with van der Waals surface area (Å²) in [5, 5.41) is 3.21. The number of hydrogen-bond acceptors (Lipinski definition) is 3. The second-order valence-corrected chi connectivity index (χ2v) is 8.46. The van der Waals surface area contributed by atoms with Crippen LogP contribution in [0.15, 0.2) is 54.9 Å². The van der Waals surface area contributed by atoms with Gasteiger partial charge >= 0.3 is 0 Å². The zero-order valence-electron chi connectivity index (χ0n) is 16.8. The molecule has 0 bridgehead atoms. The Morgan fingerprint density at radius 1 is 1.10 bits per heavy atom. The molecule has 1 aromatic heterocycles. The average Bonchev–Trinajstić information content (AvgIpc) is 3.14. The lowest BCUT2D eigenvalue weighted by molar-refractivity contribution is -0.129. The molecule has 1 N–H and O–H groups in total. The molecule has 4 rings (SSSR count). The zero-order chi connectivity index (χ0) is 20.1. The van der Waals surface area contributed by atoms with Crippen LogP contribution in [0.3, 0.4) is 0 Å². The Morgan fingerprint density at radius 3 is 2.62 bits per heavy atom. The molecule has 2 fully saturated rings. The minimum absolute atomic E-state index is 0.00733. The molecule has 2 aromatic rings. The van der Waals surface area contributed by atoms with Crippen molar-refractivity contribution in [3.05, 3.63) is 66.0 Å². The molecule has 2 aliphatic rings. The summed E-state index contributed by atoms with van der Waals surface area (Å²) in [6.45, 7) is 1.66. The summed E-state index contributed by atoms with van der Waals surface area (Å²) < 4.78 is 0. The highest BCUT2D eigenvalue weighted by Gasteiger charge is 2.37. The second kappa shape index (κ2) is 8.76. The van der Waals surface area contributed by atoms with E-state index < -0.39 is 0 Å². The van der Waals surface area contributed by atoms with E-state index >= 15 is 0 Å². The van der Waals surface area contributed by atoms with Crippen LogP contribution in [0.25, 0.3) is 0 Å². The molecule has 5 nitrogen and oxygen atoms in total. The summed E-state index contributed by atoms with van der Waals surface area (Å²) in [5.41, 5.74) is 2.33. The van der Waals surface area contributed by atoms with Crippen LogP contribution in [-0.2, 0) is 21.5 Å². The molecule has 0 spiro atoms. The summed E-state index contributed by atoms with van der Waals surface area (Å²) in [4.78, 5) is 31.2. The molecule has 0 unspecified atom stereocenters. The normalized spacial score (nSPS) is 21.2. The smallest absolute Gasteiger partial charge is 0.225 e. The lowest BCUT2D eigenvalue weighted by Gasteiger charge is -2.38. The Labute approximate surface area is 172 Å². The number of rotatable bonds is 6. The molecule has 1 atom stereocenters. The molecule has 5 heteroatoms. The third-order valence-electron chi connectivity index (χ3n) is 6.48. The van der Waals surface area contributed by atoms with Crippen molar-refractivity contribution in [3.63, 3.8) is 0 Å². The average molecular weight is 392 g/mol. The lowest BCUT2D eigenvalue weighted by Crippen LogP contribution is -2.44. The van der Waals surface area contributed by atoms with Crippen LogP contribution in [0.4, 0.5) is 0 Å². The number of likely N-dealkylation sites (tertiary alicyclic amines) is 1. The quantitative estimate of drug-likeness (QED) is 0.820. The van der Waals surface area contributed by atoms with Gasteiger partial charge in [-0.05, 0) is 30.0 Å². The molecule has 2 amide bonds. The van der Waals surface area contributed by atoms with Gasteiger partial charge in [0.15, 0.2) is 0 Å². The van der Waals surface area contributed by atoms with Gasteiger partial charge in [0.1, 0.15) is 0 Å². The Morgan fingerprint density at radius 2 is 1.90 bits per heavy atom. The molecule has 1 saturated heterocycles. The largest absolute Gasteiger partial charge is 0.355 e. The Kier molecular flexibility index (Phi) is 5.93. The summed E-state index contributed by atoms with van der Waals surface area (Å²) >= 11 is 0. The Bertz CT molecular complexity index is 832. The fraction of sp³-hybridized carbons (Fsp3) is 0.458. The fourth-order valence-corrected chi connectivity index (χ4v) is 4.80. The van der Waals surface area contributed by atoms with Crippen LogP contribution in [0.5, 0.6) is 0 Å². The van der Waals surface area contributed by atoms with E-state index in [4.69, 9.17) is 0 Å². The highest BCUT2D eigenvalue weighted by atomic mass is 16.2. The number of hydrogen-bond donors (Lipinski definition) is 1. The van der Waals surface area contributed by atoms with Gasteiger partial charge in [-0.2, -0.15) is 0 Å². The van der Waals surface area contributed by atoms with E-state index in [1.165, 1.54) is 24.8 Å². The highest BCUT2D eigenvalue weighted by Crippen LogP contribution is 2.39. The minimum atomic E-state index is -0.268. The van der Waals surface area contributed by atoms with Crippen molar-refractivity contribution < 1.29 is 9.59 Å². The molecule has 2 heterocycles. The maximum Gasteiger partial charge on any atom is 0.225 e. The maximum absolute atomic E-state index is 12.9. The fourth-order valence-electron chi connectivity index (χ4n) is 4.80. The summed E-state index contributed by atoms with van der Waals surface area (Å²) in [5.74, 6) is -0.215. The van der Waals surface area contributed by atoms with Crippen molar-refractivity contribution in [2.45, 2.75) is 50.5 Å². The number of benzene rings is 1. The van der Waals surface area contributed by atoms with Crippen molar-refractivity contribution in [1.82, 2.24) is 15.2 Å². The van der Waals surface area contributed by atoms with E-state index in [1.54, 1.807) is 17.3 Å². The molecule has 152 valence electrons. The Balaban J connectivity index is 1.38. The van der Waals surface area contributed by atoms with Gasteiger partial charge in [0, 0.05) is 43.9 Å². The molecule has 1 saturated carbocycles. The molecule has 1 aliphatic heterocycles. The zero-order valence-corrected chi connectivity index (χ0v) is 16.8.